The molecule has 1 aromatic rings. The summed E-state index contributed by atoms with van der Waals surface area (Å²) in [5.74, 6) is 0.547. The number of hydrogen-bond acceptors (Lipinski definition) is 3. The number of aromatic nitrogens is 2. The van der Waals surface area contributed by atoms with Crippen molar-refractivity contribution in [1.82, 2.24) is 9.97 Å². The summed E-state index contributed by atoms with van der Waals surface area (Å²) in [5.41, 5.74) is 2.11. The number of hydrogen-bond donors (Lipinski definition) is 2. The summed E-state index contributed by atoms with van der Waals surface area (Å²) in [5, 5.41) is 9.07. The third kappa shape index (κ3) is 2.14. The number of nitrogens with zero attached hydrogens (tertiary/aromatic N) is 1. The minimum Gasteiger partial charge on any atom is -0.481 e. The highest BCUT2D eigenvalue weighted by Gasteiger charge is 2.28. The second-order valence-corrected chi connectivity index (χ2v) is 5.21. The standard InChI is InChI=1S/C13H18N2O3/c16-13(17)9-1-2-10-11(7-9)15-12(14-10)8-3-5-18-6-4-8/h8-9H,1-7H2,(H,14,15)(H,16,17). The van der Waals surface area contributed by atoms with Gasteiger partial charge < -0.3 is 14.8 Å². The lowest BCUT2D eigenvalue weighted by Gasteiger charge is -2.19. The van der Waals surface area contributed by atoms with Crippen molar-refractivity contribution in [2.24, 2.45) is 5.92 Å². The van der Waals surface area contributed by atoms with Crippen LogP contribution in [-0.4, -0.2) is 34.3 Å². The van der Waals surface area contributed by atoms with Gasteiger partial charge in [-0.15, -0.1) is 0 Å². The molecule has 0 aromatic carbocycles. The predicted octanol–water partition coefficient (Wildman–Crippen LogP) is 1.49. The van der Waals surface area contributed by atoms with Gasteiger partial charge in [0.05, 0.1) is 11.6 Å². The molecule has 3 rings (SSSR count). The molecule has 1 aromatic heterocycles. The molecule has 18 heavy (non-hydrogen) atoms. The number of carbonyl (C=O) groups is 1. The fourth-order valence-corrected chi connectivity index (χ4v) is 2.88. The molecule has 2 aliphatic rings. The summed E-state index contributed by atoms with van der Waals surface area (Å²) < 4.78 is 5.35. The van der Waals surface area contributed by atoms with Gasteiger partial charge in [-0.3, -0.25) is 4.79 Å². The van der Waals surface area contributed by atoms with E-state index < -0.39 is 5.97 Å². The van der Waals surface area contributed by atoms with Crippen LogP contribution in [0.3, 0.4) is 0 Å². The summed E-state index contributed by atoms with van der Waals surface area (Å²) in [4.78, 5) is 19.0. The van der Waals surface area contributed by atoms with Gasteiger partial charge >= 0.3 is 5.97 Å². The van der Waals surface area contributed by atoms with E-state index in [4.69, 9.17) is 9.84 Å². The molecule has 1 saturated heterocycles. The molecular weight excluding hydrogens is 232 g/mol. The number of ether oxygens (including phenoxy) is 1. The van der Waals surface area contributed by atoms with Crippen molar-refractivity contribution in [3.8, 4) is 0 Å². The molecule has 0 spiro atoms. The van der Waals surface area contributed by atoms with Crippen LogP contribution >= 0.6 is 0 Å². The average Bonchev–Trinajstić information content (AvgIpc) is 2.82. The summed E-state index contributed by atoms with van der Waals surface area (Å²) in [6, 6.07) is 0. The minimum absolute atomic E-state index is 0.250. The number of imidazole rings is 1. The first kappa shape index (κ1) is 11.7. The van der Waals surface area contributed by atoms with E-state index in [0.29, 0.717) is 18.8 Å². The maximum Gasteiger partial charge on any atom is 0.306 e. The average molecular weight is 250 g/mol. The lowest BCUT2D eigenvalue weighted by molar-refractivity contribution is -0.142. The van der Waals surface area contributed by atoms with E-state index in [1.54, 1.807) is 0 Å². The van der Waals surface area contributed by atoms with Crippen molar-refractivity contribution in [3.05, 3.63) is 17.2 Å². The van der Waals surface area contributed by atoms with Gasteiger partial charge in [0.15, 0.2) is 0 Å². The van der Waals surface area contributed by atoms with Crippen LogP contribution in [0, 0.1) is 5.92 Å². The van der Waals surface area contributed by atoms with E-state index in [0.717, 1.165) is 49.7 Å². The van der Waals surface area contributed by atoms with E-state index in [1.165, 1.54) is 0 Å². The summed E-state index contributed by atoms with van der Waals surface area (Å²) in [6.07, 6.45) is 4.11. The molecule has 5 nitrogen and oxygen atoms in total. The van der Waals surface area contributed by atoms with Crippen LogP contribution in [0.15, 0.2) is 0 Å². The number of fused-ring (bicyclic) bond motifs is 1. The number of rotatable bonds is 2. The van der Waals surface area contributed by atoms with Gasteiger partial charge in [0.1, 0.15) is 5.82 Å². The highest BCUT2D eigenvalue weighted by Crippen LogP contribution is 2.29. The highest BCUT2D eigenvalue weighted by atomic mass is 16.5. The Morgan fingerprint density at radius 3 is 2.83 bits per heavy atom. The van der Waals surface area contributed by atoms with E-state index in [9.17, 15) is 4.79 Å². The Morgan fingerprint density at radius 2 is 2.11 bits per heavy atom. The molecule has 5 heteroatoms. The van der Waals surface area contributed by atoms with Crippen LogP contribution in [-0.2, 0) is 22.4 Å². The van der Waals surface area contributed by atoms with Crippen LogP contribution in [0.25, 0.3) is 0 Å². The molecule has 1 atom stereocenters. The van der Waals surface area contributed by atoms with Crippen molar-refractivity contribution >= 4 is 5.97 Å². The SMILES string of the molecule is O=C(O)C1CCc2nc(C3CCOCC3)[nH]c2C1. The second kappa shape index (κ2) is 4.72. The molecule has 0 radical (unpaired) electrons. The smallest absolute Gasteiger partial charge is 0.306 e. The Kier molecular flexibility index (Phi) is 3.07. The van der Waals surface area contributed by atoms with Crippen LogP contribution < -0.4 is 0 Å². The predicted molar refractivity (Wildman–Crippen MR) is 64.5 cm³/mol. The molecule has 1 aliphatic heterocycles. The molecule has 0 bridgehead atoms. The zero-order valence-electron chi connectivity index (χ0n) is 10.3. The quantitative estimate of drug-likeness (QED) is 0.834. The van der Waals surface area contributed by atoms with Crippen molar-refractivity contribution in [2.45, 2.75) is 38.0 Å². The Morgan fingerprint density at radius 1 is 1.33 bits per heavy atom. The topological polar surface area (TPSA) is 75.2 Å². The summed E-state index contributed by atoms with van der Waals surface area (Å²) in [6.45, 7) is 1.60. The molecule has 98 valence electrons. The van der Waals surface area contributed by atoms with Gasteiger partial charge in [-0.05, 0) is 25.7 Å². The van der Waals surface area contributed by atoms with Crippen molar-refractivity contribution in [3.63, 3.8) is 0 Å². The molecule has 2 N–H and O–H groups in total. The Balaban J connectivity index is 1.78. The van der Waals surface area contributed by atoms with Gasteiger partial charge in [0.2, 0.25) is 0 Å². The Labute approximate surface area is 106 Å². The molecular formula is C13H18N2O3. The van der Waals surface area contributed by atoms with E-state index >= 15 is 0 Å². The third-order valence-corrected chi connectivity index (χ3v) is 4.02. The maximum absolute atomic E-state index is 11.0. The molecule has 0 amide bonds. The number of carboxylic acid groups (broad SMARTS) is 1. The zero-order valence-corrected chi connectivity index (χ0v) is 10.3. The first-order valence-corrected chi connectivity index (χ1v) is 6.62. The number of aliphatic carboxylic acids is 1. The number of nitrogens with one attached hydrogen (secondary N) is 1. The monoisotopic (exact) mass is 250 g/mol. The Hall–Kier alpha value is -1.36. The first-order chi connectivity index (χ1) is 8.74. The lowest BCUT2D eigenvalue weighted by atomic mass is 9.90. The van der Waals surface area contributed by atoms with Crippen LogP contribution in [0.4, 0.5) is 0 Å². The fourth-order valence-electron chi connectivity index (χ4n) is 2.88. The van der Waals surface area contributed by atoms with E-state index in [2.05, 4.69) is 9.97 Å². The number of H-pyrrole nitrogens is 1. The maximum atomic E-state index is 11.0. The first-order valence-electron chi connectivity index (χ1n) is 6.62. The summed E-state index contributed by atoms with van der Waals surface area (Å²) in [7, 11) is 0. The molecule has 1 fully saturated rings. The molecule has 2 heterocycles. The minimum atomic E-state index is -0.692. The zero-order chi connectivity index (χ0) is 12.5. The largest absolute Gasteiger partial charge is 0.481 e. The number of carboxylic acids is 1. The van der Waals surface area contributed by atoms with Crippen molar-refractivity contribution in [2.75, 3.05) is 13.2 Å². The molecule has 0 saturated carbocycles. The van der Waals surface area contributed by atoms with Crippen LogP contribution in [0.2, 0.25) is 0 Å². The van der Waals surface area contributed by atoms with Gasteiger partial charge in [0.25, 0.3) is 0 Å². The van der Waals surface area contributed by atoms with Gasteiger partial charge in [0, 0.05) is 31.2 Å². The fraction of sp³-hybridized carbons (Fsp3) is 0.692. The van der Waals surface area contributed by atoms with E-state index in [1.807, 2.05) is 0 Å². The molecule has 1 aliphatic carbocycles. The molecule has 1 unspecified atom stereocenters. The van der Waals surface area contributed by atoms with E-state index in [-0.39, 0.29) is 5.92 Å². The van der Waals surface area contributed by atoms with Crippen molar-refractivity contribution < 1.29 is 14.6 Å². The lowest BCUT2D eigenvalue weighted by Crippen LogP contribution is -2.22. The van der Waals surface area contributed by atoms with Gasteiger partial charge in [-0.2, -0.15) is 0 Å². The Bertz CT molecular complexity index is 449. The van der Waals surface area contributed by atoms with Gasteiger partial charge in [-0.1, -0.05) is 0 Å². The highest BCUT2D eigenvalue weighted by molar-refractivity contribution is 5.70. The normalized spacial score (nSPS) is 24.8. The van der Waals surface area contributed by atoms with Crippen LogP contribution in [0.1, 0.15) is 42.4 Å². The number of aromatic amines is 1. The number of aryl methyl sites for hydroxylation is 1. The second-order valence-electron chi connectivity index (χ2n) is 5.21. The third-order valence-electron chi connectivity index (χ3n) is 4.02. The summed E-state index contributed by atoms with van der Waals surface area (Å²) >= 11 is 0. The van der Waals surface area contributed by atoms with Gasteiger partial charge in [-0.25, -0.2) is 4.98 Å². The van der Waals surface area contributed by atoms with Crippen LogP contribution in [0.5, 0.6) is 0 Å². The van der Waals surface area contributed by atoms with Crippen molar-refractivity contribution in [1.29, 1.82) is 0 Å².